The van der Waals surface area contributed by atoms with E-state index in [9.17, 15) is 14.4 Å². The summed E-state index contributed by atoms with van der Waals surface area (Å²) >= 11 is 0. The molecule has 1 unspecified atom stereocenters. The molecule has 8 nitrogen and oxygen atoms in total. The number of hydrogen-bond donors (Lipinski definition) is 0. The van der Waals surface area contributed by atoms with Crippen molar-refractivity contribution in [3.63, 3.8) is 0 Å². The van der Waals surface area contributed by atoms with E-state index in [1.54, 1.807) is 47.6 Å². The number of carbonyl (C=O) groups is 3. The molecule has 1 aliphatic rings. The van der Waals surface area contributed by atoms with E-state index in [-0.39, 0.29) is 6.54 Å². The van der Waals surface area contributed by atoms with Gasteiger partial charge in [-0.2, -0.15) is 5.01 Å². The zero-order valence-corrected chi connectivity index (χ0v) is 16.7. The lowest BCUT2D eigenvalue weighted by Crippen LogP contribution is -2.59. The van der Waals surface area contributed by atoms with Gasteiger partial charge in [0.15, 0.2) is 6.04 Å². The zero-order chi connectivity index (χ0) is 20.1. The number of esters is 1. The average molecular weight is 370 g/mol. The standard InChI is InChI=1S/C18H30N2O6/c1-17(2,3)25-15(22)19-12-10-8-9-11-13(14(21)24-7)20(19)16(23)26-18(4,5)6/h8,10,13H,9,11-12H2,1-7H3/b10-8-. The van der Waals surface area contributed by atoms with Gasteiger partial charge in [-0.3, -0.25) is 0 Å². The van der Waals surface area contributed by atoms with Crippen LogP contribution in [0.15, 0.2) is 12.2 Å². The van der Waals surface area contributed by atoms with E-state index in [2.05, 4.69) is 0 Å². The van der Waals surface area contributed by atoms with Gasteiger partial charge in [-0.1, -0.05) is 12.2 Å². The Balaban J connectivity index is 3.30. The van der Waals surface area contributed by atoms with Gasteiger partial charge in [0.2, 0.25) is 0 Å². The molecule has 8 heteroatoms. The third-order valence-corrected chi connectivity index (χ3v) is 3.27. The predicted octanol–water partition coefficient (Wildman–Crippen LogP) is 3.27. The highest BCUT2D eigenvalue weighted by Crippen LogP contribution is 2.22. The molecule has 1 rings (SSSR count). The van der Waals surface area contributed by atoms with Gasteiger partial charge >= 0.3 is 18.2 Å². The van der Waals surface area contributed by atoms with Crippen LogP contribution in [0.4, 0.5) is 9.59 Å². The number of nitrogens with zero attached hydrogens (tertiary/aromatic N) is 2. The van der Waals surface area contributed by atoms with Gasteiger partial charge in [-0.05, 0) is 54.4 Å². The number of hydrazine groups is 1. The lowest BCUT2D eigenvalue weighted by Gasteiger charge is -2.40. The van der Waals surface area contributed by atoms with Gasteiger partial charge in [0.1, 0.15) is 11.2 Å². The lowest BCUT2D eigenvalue weighted by atomic mass is 10.1. The Morgan fingerprint density at radius 2 is 1.46 bits per heavy atom. The first-order valence-corrected chi connectivity index (χ1v) is 8.61. The van der Waals surface area contributed by atoms with Crippen LogP contribution in [0.2, 0.25) is 0 Å². The summed E-state index contributed by atoms with van der Waals surface area (Å²) in [5, 5.41) is 2.09. The fourth-order valence-corrected chi connectivity index (χ4v) is 2.29. The maximum Gasteiger partial charge on any atom is 0.430 e. The van der Waals surface area contributed by atoms with Crippen LogP contribution in [0.3, 0.4) is 0 Å². The van der Waals surface area contributed by atoms with Crippen molar-refractivity contribution >= 4 is 18.2 Å². The van der Waals surface area contributed by atoms with Crippen molar-refractivity contribution < 1.29 is 28.6 Å². The van der Waals surface area contributed by atoms with E-state index >= 15 is 0 Å². The third kappa shape index (κ3) is 6.57. The molecule has 0 radical (unpaired) electrons. The molecule has 0 saturated heterocycles. The molecular formula is C18H30N2O6. The van der Waals surface area contributed by atoms with E-state index in [4.69, 9.17) is 14.2 Å². The molecule has 0 saturated carbocycles. The SMILES string of the molecule is COC(=O)C1CC/C=C\CN(C(=O)OC(C)(C)C)N1C(=O)OC(C)(C)C. The maximum absolute atomic E-state index is 12.8. The van der Waals surface area contributed by atoms with Crippen molar-refractivity contribution in [2.75, 3.05) is 13.7 Å². The lowest BCUT2D eigenvalue weighted by molar-refractivity contribution is -0.154. The summed E-state index contributed by atoms with van der Waals surface area (Å²) in [6.07, 6.45) is 2.88. The Morgan fingerprint density at radius 1 is 0.923 bits per heavy atom. The van der Waals surface area contributed by atoms with E-state index in [1.807, 2.05) is 6.08 Å². The van der Waals surface area contributed by atoms with Crippen LogP contribution < -0.4 is 0 Å². The highest BCUT2D eigenvalue weighted by molar-refractivity contribution is 5.83. The number of ether oxygens (including phenoxy) is 3. The van der Waals surface area contributed by atoms with Crippen LogP contribution in [0.25, 0.3) is 0 Å². The summed E-state index contributed by atoms with van der Waals surface area (Å²) in [7, 11) is 1.24. The Morgan fingerprint density at radius 3 is 1.96 bits per heavy atom. The largest absolute Gasteiger partial charge is 0.467 e. The van der Waals surface area contributed by atoms with Crippen molar-refractivity contribution in [3.05, 3.63) is 12.2 Å². The minimum absolute atomic E-state index is 0.0711. The molecule has 0 fully saturated rings. The summed E-state index contributed by atoms with van der Waals surface area (Å²) in [6, 6.07) is -0.993. The Hall–Kier alpha value is -2.25. The van der Waals surface area contributed by atoms with Gasteiger partial charge in [0.05, 0.1) is 13.7 Å². The minimum atomic E-state index is -0.993. The number of methoxy groups -OCH3 is 1. The van der Waals surface area contributed by atoms with Gasteiger partial charge < -0.3 is 14.2 Å². The van der Waals surface area contributed by atoms with E-state index in [0.29, 0.717) is 12.8 Å². The molecule has 26 heavy (non-hydrogen) atoms. The molecule has 1 atom stereocenters. The second-order valence-electron chi connectivity index (χ2n) is 7.98. The quantitative estimate of drug-likeness (QED) is 0.400. The number of allylic oxidation sites excluding steroid dienone is 1. The topological polar surface area (TPSA) is 85.4 Å². The molecule has 148 valence electrons. The highest BCUT2D eigenvalue weighted by Gasteiger charge is 2.41. The second-order valence-corrected chi connectivity index (χ2v) is 7.98. The molecule has 0 spiro atoms. The molecule has 0 aliphatic carbocycles. The van der Waals surface area contributed by atoms with Crippen LogP contribution in [0.5, 0.6) is 0 Å². The summed E-state index contributed by atoms with van der Waals surface area (Å²) in [6.45, 7) is 10.4. The number of amides is 2. The minimum Gasteiger partial charge on any atom is -0.467 e. The van der Waals surface area contributed by atoms with Crippen LogP contribution in [0.1, 0.15) is 54.4 Å². The summed E-state index contributed by atoms with van der Waals surface area (Å²) < 4.78 is 15.6. The van der Waals surface area contributed by atoms with E-state index < -0.39 is 35.4 Å². The van der Waals surface area contributed by atoms with Crippen molar-refractivity contribution in [1.82, 2.24) is 10.0 Å². The van der Waals surface area contributed by atoms with Gasteiger partial charge in [-0.15, -0.1) is 0 Å². The molecule has 0 N–H and O–H groups in total. The van der Waals surface area contributed by atoms with Crippen LogP contribution in [-0.4, -0.2) is 59.1 Å². The van der Waals surface area contributed by atoms with Gasteiger partial charge in [-0.25, -0.2) is 19.4 Å². The summed E-state index contributed by atoms with van der Waals surface area (Å²) in [5.74, 6) is -0.625. The molecule has 0 aromatic carbocycles. The van der Waals surface area contributed by atoms with Gasteiger partial charge in [0, 0.05) is 0 Å². The van der Waals surface area contributed by atoms with Crippen LogP contribution in [0, 0.1) is 0 Å². The Kier molecular flexibility index (Phi) is 7.06. The fraction of sp³-hybridized carbons (Fsp3) is 0.722. The van der Waals surface area contributed by atoms with Crippen LogP contribution in [-0.2, 0) is 19.0 Å². The molecule has 1 aliphatic heterocycles. The molecule has 0 aromatic rings. The monoisotopic (exact) mass is 370 g/mol. The maximum atomic E-state index is 12.8. The predicted molar refractivity (Wildman–Crippen MR) is 95.2 cm³/mol. The Labute approximate surface area is 155 Å². The highest BCUT2D eigenvalue weighted by atomic mass is 16.6. The molecule has 1 heterocycles. The second kappa shape index (κ2) is 8.42. The molecule has 0 bridgehead atoms. The van der Waals surface area contributed by atoms with E-state index in [1.165, 1.54) is 7.11 Å². The zero-order valence-electron chi connectivity index (χ0n) is 16.7. The van der Waals surface area contributed by atoms with Crippen molar-refractivity contribution in [2.24, 2.45) is 0 Å². The first-order valence-electron chi connectivity index (χ1n) is 8.61. The first-order chi connectivity index (χ1) is 11.9. The smallest absolute Gasteiger partial charge is 0.430 e. The third-order valence-electron chi connectivity index (χ3n) is 3.27. The number of carbonyl (C=O) groups excluding carboxylic acids is 3. The van der Waals surface area contributed by atoms with Crippen molar-refractivity contribution in [2.45, 2.75) is 71.6 Å². The molecule has 0 aromatic heterocycles. The average Bonchev–Trinajstić information content (AvgIpc) is 2.42. The van der Waals surface area contributed by atoms with Gasteiger partial charge in [0.25, 0.3) is 0 Å². The van der Waals surface area contributed by atoms with E-state index in [0.717, 1.165) is 10.0 Å². The van der Waals surface area contributed by atoms with Crippen LogP contribution >= 0.6 is 0 Å². The normalized spacial score (nSPS) is 19.9. The Bertz CT molecular complexity index is 559. The summed E-state index contributed by atoms with van der Waals surface area (Å²) in [4.78, 5) is 37.8. The summed E-state index contributed by atoms with van der Waals surface area (Å²) in [5.41, 5.74) is -1.56. The number of hydrogen-bond acceptors (Lipinski definition) is 6. The first kappa shape index (κ1) is 21.8. The molecule has 2 amide bonds. The fourth-order valence-electron chi connectivity index (χ4n) is 2.29. The molecular weight excluding hydrogens is 340 g/mol. The van der Waals surface area contributed by atoms with Crippen molar-refractivity contribution in [3.8, 4) is 0 Å². The number of rotatable bonds is 1. The van der Waals surface area contributed by atoms with Crippen molar-refractivity contribution in [1.29, 1.82) is 0 Å².